The van der Waals surface area contributed by atoms with Gasteiger partial charge in [0.05, 0.1) is 0 Å². The van der Waals surface area contributed by atoms with Crippen molar-refractivity contribution in [3.63, 3.8) is 0 Å². The second kappa shape index (κ2) is 6.60. The van der Waals surface area contributed by atoms with E-state index >= 15 is 0 Å². The molecule has 4 rings (SSSR count). The van der Waals surface area contributed by atoms with E-state index in [1.54, 1.807) is 11.8 Å². The smallest absolute Gasteiger partial charge is 0.146 e. The molecule has 0 radical (unpaired) electrons. The monoisotopic (exact) mass is 322 g/mol. The molecule has 4 heteroatoms. The third-order valence-electron chi connectivity index (χ3n) is 3.94. The van der Waals surface area contributed by atoms with E-state index in [2.05, 4.69) is 46.7 Å². The molecule has 23 heavy (non-hydrogen) atoms. The third kappa shape index (κ3) is 3.33. The molecular formula is C19H18N2OS. The Hall–Kier alpha value is -2.04. The summed E-state index contributed by atoms with van der Waals surface area (Å²) in [5.41, 5.74) is 0.941. The molecule has 2 heterocycles. The van der Waals surface area contributed by atoms with Gasteiger partial charge in [0.25, 0.3) is 0 Å². The molecule has 1 saturated heterocycles. The Balaban J connectivity index is 1.61. The fourth-order valence-corrected chi connectivity index (χ4v) is 3.65. The van der Waals surface area contributed by atoms with Gasteiger partial charge in [0.2, 0.25) is 0 Å². The van der Waals surface area contributed by atoms with Gasteiger partial charge in [-0.25, -0.2) is 0 Å². The molecule has 1 unspecified atom stereocenters. The maximum absolute atomic E-state index is 6.11. The lowest BCUT2D eigenvalue weighted by Crippen LogP contribution is -2.19. The van der Waals surface area contributed by atoms with Crippen molar-refractivity contribution >= 4 is 22.7 Å². The fraction of sp³-hybridized carbons (Fsp3) is 0.211. The molecule has 116 valence electrons. The predicted molar refractivity (Wildman–Crippen MR) is 94.2 cm³/mol. The van der Waals surface area contributed by atoms with Gasteiger partial charge in [-0.3, -0.25) is 4.98 Å². The van der Waals surface area contributed by atoms with Gasteiger partial charge in [-0.2, -0.15) is 0 Å². The zero-order valence-electron chi connectivity index (χ0n) is 12.7. The van der Waals surface area contributed by atoms with Gasteiger partial charge in [0.15, 0.2) is 0 Å². The van der Waals surface area contributed by atoms with E-state index in [0.717, 1.165) is 41.1 Å². The van der Waals surface area contributed by atoms with Crippen LogP contribution in [0, 0.1) is 0 Å². The zero-order chi connectivity index (χ0) is 15.5. The number of nitrogens with one attached hydrogen (secondary N) is 1. The van der Waals surface area contributed by atoms with Crippen molar-refractivity contribution in [1.82, 2.24) is 10.3 Å². The minimum absolute atomic E-state index is 0.251. The summed E-state index contributed by atoms with van der Waals surface area (Å²) in [6, 6.07) is 18.7. The second-order valence-corrected chi connectivity index (χ2v) is 6.79. The molecule has 0 bridgehead atoms. The lowest BCUT2D eigenvalue weighted by molar-refractivity contribution is 0.225. The average Bonchev–Trinajstić information content (AvgIpc) is 3.09. The van der Waals surface area contributed by atoms with Crippen LogP contribution in [-0.2, 0) is 0 Å². The minimum Gasteiger partial charge on any atom is -0.487 e. The molecule has 1 atom stereocenters. The molecule has 0 saturated carbocycles. The quantitative estimate of drug-likeness (QED) is 0.783. The van der Waals surface area contributed by atoms with Crippen molar-refractivity contribution in [2.75, 3.05) is 13.1 Å². The van der Waals surface area contributed by atoms with Crippen molar-refractivity contribution in [3.05, 3.63) is 60.8 Å². The summed E-state index contributed by atoms with van der Waals surface area (Å²) in [5.74, 6) is 0.882. The van der Waals surface area contributed by atoms with Crippen LogP contribution in [0.1, 0.15) is 6.42 Å². The molecule has 2 aromatic carbocycles. The summed E-state index contributed by atoms with van der Waals surface area (Å²) in [7, 11) is 0. The number of hydrogen-bond acceptors (Lipinski definition) is 4. The maximum atomic E-state index is 6.11. The predicted octanol–water partition coefficient (Wildman–Crippen LogP) is 4.13. The van der Waals surface area contributed by atoms with E-state index in [0.29, 0.717) is 0 Å². The highest BCUT2D eigenvalue weighted by Crippen LogP contribution is 2.32. The second-order valence-electron chi connectivity index (χ2n) is 5.65. The van der Waals surface area contributed by atoms with Crippen LogP contribution in [0.5, 0.6) is 5.75 Å². The van der Waals surface area contributed by atoms with Gasteiger partial charge in [0, 0.05) is 27.9 Å². The summed E-state index contributed by atoms with van der Waals surface area (Å²) in [5, 5.41) is 4.45. The van der Waals surface area contributed by atoms with Crippen molar-refractivity contribution < 1.29 is 4.74 Å². The van der Waals surface area contributed by atoms with E-state index in [4.69, 9.17) is 4.74 Å². The van der Waals surface area contributed by atoms with E-state index in [9.17, 15) is 0 Å². The number of rotatable bonds is 4. The highest BCUT2D eigenvalue weighted by molar-refractivity contribution is 7.99. The molecule has 1 fully saturated rings. The molecule has 1 aliphatic heterocycles. The van der Waals surface area contributed by atoms with Crippen LogP contribution < -0.4 is 10.1 Å². The Kier molecular flexibility index (Phi) is 4.18. The molecular weight excluding hydrogens is 304 g/mol. The average molecular weight is 322 g/mol. The van der Waals surface area contributed by atoms with Crippen molar-refractivity contribution in [3.8, 4) is 5.75 Å². The van der Waals surface area contributed by atoms with E-state index in [1.807, 2.05) is 24.4 Å². The van der Waals surface area contributed by atoms with Crippen LogP contribution in [-0.4, -0.2) is 24.2 Å². The lowest BCUT2D eigenvalue weighted by atomic mass is 10.2. The SMILES string of the molecule is c1ccc(Sc2cnc3c(OC4CCNC4)cccc3c2)cc1. The first-order valence-electron chi connectivity index (χ1n) is 7.87. The molecule has 1 aliphatic rings. The Morgan fingerprint density at radius 1 is 1.04 bits per heavy atom. The first-order chi connectivity index (χ1) is 11.4. The van der Waals surface area contributed by atoms with Gasteiger partial charge >= 0.3 is 0 Å². The highest BCUT2D eigenvalue weighted by Gasteiger charge is 2.17. The summed E-state index contributed by atoms with van der Waals surface area (Å²) in [4.78, 5) is 7.02. The largest absolute Gasteiger partial charge is 0.487 e. The Morgan fingerprint density at radius 3 is 2.78 bits per heavy atom. The van der Waals surface area contributed by atoms with Gasteiger partial charge in [0.1, 0.15) is 17.4 Å². The molecule has 3 nitrogen and oxygen atoms in total. The summed E-state index contributed by atoms with van der Waals surface area (Å²) < 4.78 is 6.11. The fourth-order valence-electron chi connectivity index (χ4n) is 2.80. The number of para-hydroxylation sites is 1. The lowest BCUT2D eigenvalue weighted by Gasteiger charge is -2.14. The van der Waals surface area contributed by atoms with Crippen LogP contribution in [0.2, 0.25) is 0 Å². The number of pyridine rings is 1. The number of aromatic nitrogens is 1. The van der Waals surface area contributed by atoms with E-state index < -0.39 is 0 Å². The Morgan fingerprint density at radius 2 is 1.96 bits per heavy atom. The van der Waals surface area contributed by atoms with E-state index in [1.165, 1.54) is 4.90 Å². The Bertz CT molecular complexity index is 801. The minimum atomic E-state index is 0.251. The van der Waals surface area contributed by atoms with Crippen LogP contribution in [0.4, 0.5) is 0 Å². The third-order valence-corrected chi connectivity index (χ3v) is 4.90. The van der Waals surface area contributed by atoms with Gasteiger partial charge in [-0.05, 0) is 37.2 Å². The highest BCUT2D eigenvalue weighted by atomic mass is 32.2. The van der Waals surface area contributed by atoms with Gasteiger partial charge < -0.3 is 10.1 Å². The van der Waals surface area contributed by atoms with Crippen LogP contribution in [0.25, 0.3) is 10.9 Å². The van der Waals surface area contributed by atoms with Gasteiger partial charge in [-0.15, -0.1) is 0 Å². The summed E-state index contributed by atoms with van der Waals surface area (Å²) in [6.07, 6.45) is 3.23. The van der Waals surface area contributed by atoms with Crippen LogP contribution in [0.15, 0.2) is 70.6 Å². The topological polar surface area (TPSA) is 34.1 Å². The Labute approximate surface area is 140 Å². The standard InChI is InChI=1S/C19H18N2OS/c1-2-6-16(7-3-1)23-17-11-14-5-4-8-18(19(14)21-13-17)22-15-9-10-20-12-15/h1-8,11,13,15,20H,9-10,12H2. The number of ether oxygens (including phenoxy) is 1. The molecule has 1 N–H and O–H groups in total. The van der Waals surface area contributed by atoms with Crippen molar-refractivity contribution in [2.24, 2.45) is 0 Å². The van der Waals surface area contributed by atoms with Crippen LogP contribution >= 0.6 is 11.8 Å². The van der Waals surface area contributed by atoms with Crippen molar-refractivity contribution in [2.45, 2.75) is 22.3 Å². The summed E-state index contributed by atoms with van der Waals surface area (Å²) >= 11 is 1.73. The maximum Gasteiger partial charge on any atom is 0.146 e. The zero-order valence-corrected chi connectivity index (χ0v) is 13.6. The molecule has 0 aliphatic carbocycles. The molecule has 0 spiro atoms. The molecule has 0 amide bonds. The van der Waals surface area contributed by atoms with Gasteiger partial charge in [-0.1, -0.05) is 42.1 Å². The first-order valence-corrected chi connectivity index (χ1v) is 8.69. The van der Waals surface area contributed by atoms with E-state index in [-0.39, 0.29) is 6.10 Å². The molecule has 3 aromatic rings. The normalized spacial score (nSPS) is 17.5. The number of benzene rings is 2. The molecule has 1 aromatic heterocycles. The number of fused-ring (bicyclic) bond motifs is 1. The number of nitrogens with zero attached hydrogens (tertiary/aromatic N) is 1. The first kappa shape index (κ1) is 14.5. The number of hydrogen-bond donors (Lipinski definition) is 1. The van der Waals surface area contributed by atoms with Crippen molar-refractivity contribution in [1.29, 1.82) is 0 Å². The summed E-state index contributed by atoms with van der Waals surface area (Å²) in [6.45, 7) is 1.94. The van der Waals surface area contributed by atoms with Crippen LogP contribution in [0.3, 0.4) is 0 Å².